The number of thioether (sulfide) groups is 1. The summed E-state index contributed by atoms with van der Waals surface area (Å²) in [4.78, 5) is 4.83. The normalized spacial score (nSPS) is 20.6. The SMILES string of the molecule is CC(C)=CCCC1=CC[C@@H]([C@@H]2Nc3ccccc3-c3nnc(SCc4ccccc4)nc3O2)[C@H](C)C1. The van der Waals surface area contributed by atoms with Gasteiger partial charge < -0.3 is 10.1 Å². The lowest BCUT2D eigenvalue weighted by Gasteiger charge is -2.35. The largest absolute Gasteiger partial charge is 0.452 e. The summed E-state index contributed by atoms with van der Waals surface area (Å²) >= 11 is 1.58. The molecule has 0 saturated heterocycles. The van der Waals surface area contributed by atoms with Crippen LogP contribution in [-0.2, 0) is 5.75 Å². The molecule has 3 aromatic rings. The van der Waals surface area contributed by atoms with Crippen molar-refractivity contribution in [3.8, 4) is 17.1 Å². The molecule has 2 aromatic carbocycles. The number of benzene rings is 2. The lowest BCUT2D eigenvalue weighted by molar-refractivity contribution is 0.114. The highest BCUT2D eigenvalue weighted by atomic mass is 32.2. The van der Waals surface area contributed by atoms with Gasteiger partial charge in [0.25, 0.3) is 0 Å². The summed E-state index contributed by atoms with van der Waals surface area (Å²) in [5, 5.41) is 13.3. The van der Waals surface area contributed by atoms with E-state index < -0.39 is 0 Å². The zero-order chi connectivity index (χ0) is 24.9. The van der Waals surface area contributed by atoms with Crippen LogP contribution in [0.5, 0.6) is 5.88 Å². The van der Waals surface area contributed by atoms with Gasteiger partial charge in [0.05, 0.1) is 0 Å². The van der Waals surface area contributed by atoms with Gasteiger partial charge in [-0.3, -0.25) is 0 Å². The molecule has 6 heteroatoms. The Morgan fingerprint density at radius 2 is 1.89 bits per heavy atom. The van der Waals surface area contributed by atoms with Gasteiger partial charge in [-0.1, -0.05) is 90.5 Å². The number of anilines is 1. The molecule has 0 spiro atoms. The van der Waals surface area contributed by atoms with E-state index in [0.29, 0.717) is 28.6 Å². The van der Waals surface area contributed by atoms with Crippen molar-refractivity contribution in [2.75, 3.05) is 5.32 Å². The molecule has 2 heterocycles. The zero-order valence-corrected chi connectivity index (χ0v) is 22.1. The van der Waals surface area contributed by atoms with Gasteiger partial charge in [0.2, 0.25) is 11.0 Å². The highest BCUT2D eigenvalue weighted by molar-refractivity contribution is 7.98. The molecule has 36 heavy (non-hydrogen) atoms. The van der Waals surface area contributed by atoms with Crippen LogP contribution in [-0.4, -0.2) is 21.4 Å². The minimum Gasteiger partial charge on any atom is -0.452 e. The summed E-state index contributed by atoms with van der Waals surface area (Å²) in [6, 6.07) is 18.6. The van der Waals surface area contributed by atoms with Gasteiger partial charge in [-0.25, -0.2) is 0 Å². The quantitative estimate of drug-likeness (QED) is 0.266. The molecule has 0 amide bonds. The molecule has 0 fully saturated rings. The summed E-state index contributed by atoms with van der Waals surface area (Å²) in [6.07, 6.45) is 8.96. The van der Waals surface area contributed by atoms with Gasteiger partial charge in [0.1, 0.15) is 0 Å². The van der Waals surface area contributed by atoms with Gasteiger partial charge in [-0.15, -0.1) is 10.2 Å². The Labute approximate surface area is 218 Å². The Balaban J connectivity index is 1.37. The maximum atomic E-state index is 6.61. The van der Waals surface area contributed by atoms with Gasteiger partial charge in [0, 0.05) is 22.9 Å². The summed E-state index contributed by atoms with van der Waals surface area (Å²) in [7, 11) is 0. The standard InChI is InChI=1S/C30H34N4OS/c1-20(2)10-9-13-22-16-17-24(21(3)18-22)28-31-26-15-8-7-14-25(26)27-29(35-28)32-30(34-33-27)36-19-23-11-5-4-6-12-23/h4-8,10-12,14-16,21,24,28,31H,9,13,17-19H2,1-3H3/t21-,24-,28-/m1/s1. The molecule has 5 nitrogen and oxygen atoms in total. The average Bonchev–Trinajstić information content (AvgIpc) is 3.04. The van der Waals surface area contributed by atoms with Crippen LogP contribution >= 0.6 is 11.8 Å². The molecule has 1 aliphatic carbocycles. The molecule has 0 bridgehead atoms. The maximum absolute atomic E-state index is 6.61. The van der Waals surface area contributed by atoms with E-state index >= 15 is 0 Å². The predicted molar refractivity (Wildman–Crippen MR) is 148 cm³/mol. The van der Waals surface area contributed by atoms with E-state index in [9.17, 15) is 0 Å². The van der Waals surface area contributed by atoms with Crippen LogP contribution in [0.25, 0.3) is 11.3 Å². The van der Waals surface area contributed by atoms with E-state index in [4.69, 9.17) is 9.72 Å². The first-order chi connectivity index (χ1) is 17.6. The molecule has 0 unspecified atom stereocenters. The first kappa shape index (κ1) is 24.6. The molecule has 5 rings (SSSR count). The predicted octanol–water partition coefficient (Wildman–Crippen LogP) is 7.68. The third-order valence-corrected chi connectivity index (χ3v) is 7.87. The number of fused-ring (bicyclic) bond motifs is 3. The molecule has 2 aliphatic rings. The molecule has 1 aliphatic heterocycles. The van der Waals surface area contributed by atoms with Crippen molar-refractivity contribution in [2.45, 2.75) is 63.6 Å². The van der Waals surface area contributed by atoms with Gasteiger partial charge >= 0.3 is 0 Å². The summed E-state index contributed by atoms with van der Waals surface area (Å²) in [6.45, 7) is 6.69. The van der Waals surface area contributed by atoms with Gasteiger partial charge in [-0.05, 0) is 57.1 Å². The Hall–Kier alpha value is -3.12. The first-order valence-corrected chi connectivity index (χ1v) is 13.8. The van der Waals surface area contributed by atoms with E-state index in [1.54, 1.807) is 17.3 Å². The number of para-hydroxylation sites is 1. The summed E-state index contributed by atoms with van der Waals surface area (Å²) < 4.78 is 6.61. The molecule has 0 radical (unpaired) electrons. The van der Waals surface area contributed by atoms with Crippen molar-refractivity contribution in [3.63, 3.8) is 0 Å². The van der Waals surface area contributed by atoms with Crippen molar-refractivity contribution in [2.24, 2.45) is 11.8 Å². The van der Waals surface area contributed by atoms with E-state index in [-0.39, 0.29) is 6.23 Å². The Bertz CT molecular complexity index is 1250. The van der Waals surface area contributed by atoms with Crippen LogP contribution in [0.1, 0.15) is 52.0 Å². The van der Waals surface area contributed by atoms with Crippen LogP contribution < -0.4 is 10.1 Å². The second-order valence-electron chi connectivity index (χ2n) is 10.0. The van der Waals surface area contributed by atoms with E-state index in [2.05, 4.69) is 84.8 Å². The van der Waals surface area contributed by atoms with E-state index in [1.165, 1.54) is 11.1 Å². The summed E-state index contributed by atoms with van der Waals surface area (Å²) in [5.74, 6) is 2.20. The Morgan fingerprint density at radius 3 is 2.69 bits per heavy atom. The first-order valence-electron chi connectivity index (χ1n) is 12.8. The van der Waals surface area contributed by atoms with Crippen LogP contribution in [0.2, 0.25) is 0 Å². The van der Waals surface area contributed by atoms with Gasteiger partial charge in [0.15, 0.2) is 11.9 Å². The number of hydrogen-bond acceptors (Lipinski definition) is 6. The van der Waals surface area contributed by atoms with Crippen molar-refractivity contribution >= 4 is 17.4 Å². The minimum atomic E-state index is -0.179. The smallest absolute Gasteiger partial charge is 0.247 e. The zero-order valence-electron chi connectivity index (χ0n) is 21.3. The number of nitrogens with one attached hydrogen (secondary N) is 1. The average molecular weight is 499 g/mol. The number of rotatable bonds is 7. The van der Waals surface area contributed by atoms with E-state index in [1.807, 2.05) is 18.2 Å². The number of aromatic nitrogens is 3. The minimum absolute atomic E-state index is 0.179. The molecule has 3 atom stereocenters. The Morgan fingerprint density at radius 1 is 1.08 bits per heavy atom. The molecule has 1 aromatic heterocycles. The van der Waals surface area contributed by atoms with Gasteiger partial charge in [-0.2, -0.15) is 4.98 Å². The molecular formula is C30H34N4OS. The lowest BCUT2D eigenvalue weighted by atomic mass is 9.78. The summed E-state index contributed by atoms with van der Waals surface area (Å²) in [5.41, 5.74) is 6.89. The fourth-order valence-electron chi connectivity index (χ4n) is 5.00. The van der Waals surface area contributed by atoms with Crippen molar-refractivity contribution < 1.29 is 4.74 Å². The van der Waals surface area contributed by atoms with Crippen LogP contribution in [0.15, 0.2) is 83.1 Å². The lowest BCUT2D eigenvalue weighted by Crippen LogP contribution is -2.39. The highest BCUT2D eigenvalue weighted by Crippen LogP contribution is 2.41. The fourth-order valence-corrected chi connectivity index (χ4v) is 5.74. The highest BCUT2D eigenvalue weighted by Gasteiger charge is 2.34. The molecule has 0 saturated carbocycles. The van der Waals surface area contributed by atoms with Crippen LogP contribution in [0.4, 0.5) is 5.69 Å². The Kier molecular flexibility index (Phi) is 7.71. The second kappa shape index (κ2) is 11.3. The molecule has 1 N–H and O–H groups in total. The van der Waals surface area contributed by atoms with Crippen LogP contribution in [0.3, 0.4) is 0 Å². The maximum Gasteiger partial charge on any atom is 0.247 e. The van der Waals surface area contributed by atoms with Crippen LogP contribution in [0, 0.1) is 11.8 Å². The fraction of sp³-hybridized carbons (Fsp3) is 0.367. The second-order valence-corrected chi connectivity index (χ2v) is 11.0. The number of nitrogens with zero attached hydrogens (tertiary/aromatic N) is 3. The number of ether oxygens (including phenoxy) is 1. The van der Waals surface area contributed by atoms with Crippen molar-refractivity contribution in [1.82, 2.24) is 15.2 Å². The van der Waals surface area contributed by atoms with E-state index in [0.717, 1.165) is 42.7 Å². The number of allylic oxidation sites excluding steroid dienone is 4. The van der Waals surface area contributed by atoms with Crippen molar-refractivity contribution in [3.05, 3.63) is 83.5 Å². The number of hydrogen-bond donors (Lipinski definition) is 1. The third kappa shape index (κ3) is 5.81. The molecule has 186 valence electrons. The topological polar surface area (TPSA) is 59.9 Å². The van der Waals surface area contributed by atoms with Crippen molar-refractivity contribution in [1.29, 1.82) is 0 Å². The monoisotopic (exact) mass is 498 g/mol. The third-order valence-electron chi connectivity index (χ3n) is 6.97. The molecular weight excluding hydrogens is 464 g/mol.